The van der Waals surface area contributed by atoms with E-state index in [1.54, 1.807) is 0 Å². The molecule has 0 amide bonds. The summed E-state index contributed by atoms with van der Waals surface area (Å²) in [6.45, 7) is 2.09. The van der Waals surface area contributed by atoms with Crippen molar-refractivity contribution >= 4 is 11.0 Å². The summed E-state index contributed by atoms with van der Waals surface area (Å²) >= 11 is 0. The van der Waals surface area contributed by atoms with E-state index in [9.17, 15) is 0 Å². The van der Waals surface area contributed by atoms with Gasteiger partial charge in [0, 0.05) is 0 Å². The number of hydrogen-bond donors (Lipinski definition) is 1. The molecule has 20 heavy (non-hydrogen) atoms. The highest BCUT2D eigenvalue weighted by atomic mass is 14.9. The number of aryl methyl sites for hydroxylation is 1. The summed E-state index contributed by atoms with van der Waals surface area (Å²) in [4.78, 5) is 9.21. The molecule has 1 atom stereocenters. The largest absolute Gasteiger partial charge is 0.308 e. The van der Waals surface area contributed by atoms with Gasteiger partial charge >= 0.3 is 0 Å². The minimum Gasteiger partial charge on any atom is -0.308 e. The van der Waals surface area contributed by atoms with Crippen molar-refractivity contribution in [1.29, 1.82) is 0 Å². The molecule has 1 N–H and O–H groups in total. The van der Waals surface area contributed by atoms with Gasteiger partial charge in [0.1, 0.15) is 0 Å². The number of rotatable bonds is 3. The molecular weight excluding hydrogens is 246 g/mol. The van der Waals surface area contributed by atoms with Crippen molar-refractivity contribution in [2.24, 2.45) is 0 Å². The minimum absolute atomic E-state index is 0.0627. The molecule has 1 aromatic heterocycles. The molecular formula is C17H17N3. The van der Waals surface area contributed by atoms with Crippen molar-refractivity contribution in [1.82, 2.24) is 15.3 Å². The summed E-state index contributed by atoms with van der Waals surface area (Å²) in [5, 5.41) is 3.32. The highest BCUT2D eigenvalue weighted by molar-refractivity contribution is 5.73. The molecule has 0 aliphatic rings. The first-order valence-electron chi connectivity index (χ1n) is 6.73. The van der Waals surface area contributed by atoms with E-state index in [0.29, 0.717) is 0 Å². The van der Waals surface area contributed by atoms with E-state index >= 15 is 0 Å². The van der Waals surface area contributed by atoms with Gasteiger partial charge < -0.3 is 5.32 Å². The van der Waals surface area contributed by atoms with Crippen LogP contribution in [-0.2, 0) is 0 Å². The minimum atomic E-state index is 0.0627. The number of benzene rings is 2. The fraction of sp³-hybridized carbons (Fsp3) is 0.176. The second-order valence-electron chi connectivity index (χ2n) is 4.92. The molecule has 3 rings (SSSR count). The average Bonchev–Trinajstić information content (AvgIpc) is 2.50. The highest BCUT2D eigenvalue weighted by Gasteiger charge is 2.14. The van der Waals surface area contributed by atoms with Gasteiger partial charge in [-0.3, -0.25) is 4.98 Å². The lowest BCUT2D eigenvalue weighted by Gasteiger charge is -2.16. The second-order valence-corrected chi connectivity index (χ2v) is 4.92. The van der Waals surface area contributed by atoms with Gasteiger partial charge in [-0.1, -0.05) is 42.0 Å². The molecule has 0 spiro atoms. The zero-order valence-corrected chi connectivity index (χ0v) is 11.7. The number of nitrogens with zero attached hydrogens (tertiary/aromatic N) is 2. The molecule has 0 aliphatic heterocycles. The quantitative estimate of drug-likeness (QED) is 0.788. The first-order chi connectivity index (χ1) is 9.78. The highest BCUT2D eigenvalue weighted by Crippen LogP contribution is 2.21. The molecule has 3 aromatic rings. The van der Waals surface area contributed by atoms with Gasteiger partial charge in [-0.25, -0.2) is 4.98 Å². The monoisotopic (exact) mass is 263 g/mol. The van der Waals surface area contributed by atoms with Crippen LogP contribution >= 0.6 is 0 Å². The molecule has 3 nitrogen and oxygen atoms in total. The van der Waals surface area contributed by atoms with Crippen LogP contribution in [0.3, 0.4) is 0 Å². The maximum atomic E-state index is 4.72. The summed E-state index contributed by atoms with van der Waals surface area (Å²) in [5.41, 5.74) is 5.25. The summed E-state index contributed by atoms with van der Waals surface area (Å²) < 4.78 is 0. The summed E-state index contributed by atoms with van der Waals surface area (Å²) in [6.07, 6.45) is 1.85. The Morgan fingerprint density at radius 3 is 2.35 bits per heavy atom. The number of nitrogens with one attached hydrogen (secondary N) is 1. The van der Waals surface area contributed by atoms with Crippen LogP contribution in [0.15, 0.2) is 54.7 Å². The van der Waals surface area contributed by atoms with Crippen LogP contribution in [0.4, 0.5) is 0 Å². The van der Waals surface area contributed by atoms with Crippen LogP contribution in [-0.4, -0.2) is 17.0 Å². The summed E-state index contributed by atoms with van der Waals surface area (Å²) in [5.74, 6) is 0. The molecule has 1 heterocycles. The Bertz CT molecular complexity index is 720. The number of fused-ring (bicyclic) bond motifs is 1. The second kappa shape index (κ2) is 5.39. The van der Waals surface area contributed by atoms with Crippen LogP contribution in [0.25, 0.3) is 11.0 Å². The maximum absolute atomic E-state index is 4.72. The molecule has 2 aromatic carbocycles. The molecule has 0 saturated carbocycles. The van der Waals surface area contributed by atoms with Crippen molar-refractivity contribution in [2.75, 3.05) is 7.05 Å². The van der Waals surface area contributed by atoms with Gasteiger partial charge in [0.25, 0.3) is 0 Å². The zero-order chi connectivity index (χ0) is 13.9. The Morgan fingerprint density at radius 1 is 0.950 bits per heavy atom. The normalized spacial score (nSPS) is 12.5. The first kappa shape index (κ1) is 12.8. The van der Waals surface area contributed by atoms with Crippen molar-refractivity contribution in [2.45, 2.75) is 13.0 Å². The van der Waals surface area contributed by atoms with E-state index in [2.05, 4.69) is 41.5 Å². The SMILES string of the molecule is CNC(c1ccc(C)cc1)c1cnc2ccccc2n1. The van der Waals surface area contributed by atoms with Crippen molar-refractivity contribution in [3.63, 3.8) is 0 Å². The van der Waals surface area contributed by atoms with Gasteiger partial charge in [0.2, 0.25) is 0 Å². The Morgan fingerprint density at radius 2 is 1.65 bits per heavy atom. The molecule has 0 bridgehead atoms. The van der Waals surface area contributed by atoms with Gasteiger partial charge in [0.15, 0.2) is 0 Å². The lowest BCUT2D eigenvalue weighted by atomic mass is 10.0. The van der Waals surface area contributed by atoms with Crippen molar-refractivity contribution in [3.05, 3.63) is 71.5 Å². The van der Waals surface area contributed by atoms with E-state index < -0.39 is 0 Å². The number of hydrogen-bond acceptors (Lipinski definition) is 3. The molecule has 0 aliphatic carbocycles. The fourth-order valence-corrected chi connectivity index (χ4v) is 2.35. The van der Waals surface area contributed by atoms with Gasteiger partial charge in [-0.15, -0.1) is 0 Å². The summed E-state index contributed by atoms with van der Waals surface area (Å²) in [6, 6.07) is 16.5. The first-order valence-corrected chi connectivity index (χ1v) is 6.73. The molecule has 0 fully saturated rings. The Hall–Kier alpha value is -2.26. The van der Waals surface area contributed by atoms with Crippen LogP contribution in [0.5, 0.6) is 0 Å². The standard InChI is InChI=1S/C17H17N3/c1-12-7-9-13(10-8-12)17(18-2)16-11-19-14-5-3-4-6-15(14)20-16/h3-11,17-18H,1-2H3. The maximum Gasteiger partial charge on any atom is 0.0890 e. The number of para-hydroxylation sites is 2. The van der Waals surface area contributed by atoms with Crippen LogP contribution in [0, 0.1) is 6.92 Å². The van der Waals surface area contributed by atoms with Crippen molar-refractivity contribution < 1.29 is 0 Å². The predicted molar refractivity (Wildman–Crippen MR) is 81.6 cm³/mol. The lowest BCUT2D eigenvalue weighted by molar-refractivity contribution is 0.670. The predicted octanol–water partition coefficient (Wildman–Crippen LogP) is 3.25. The lowest BCUT2D eigenvalue weighted by Crippen LogP contribution is -2.19. The van der Waals surface area contributed by atoms with E-state index in [-0.39, 0.29) is 6.04 Å². The van der Waals surface area contributed by atoms with Gasteiger partial charge in [-0.05, 0) is 31.7 Å². The van der Waals surface area contributed by atoms with Gasteiger partial charge in [0.05, 0.1) is 29.0 Å². The molecule has 3 heteroatoms. The van der Waals surface area contributed by atoms with E-state index in [1.165, 1.54) is 11.1 Å². The smallest absolute Gasteiger partial charge is 0.0890 e. The van der Waals surface area contributed by atoms with Crippen LogP contribution in [0.2, 0.25) is 0 Å². The summed E-state index contributed by atoms with van der Waals surface area (Å²) in [7, 11) is 1.95. The van der Waals surface area contributed by atoms with Crippen molar-refractivity contribution in [3.8, 4) is 0 Å². The Labute approximate surface area is 118 Å². The Kier molecular flexibility index (Phi) is 3.44. The van der Waals surface area contributed by atoms with E-state index in [1.807, 2.05) is 37.5 Å². The Balaban J connectivity index is 2.04. The topological polar surface area (TPSA) is 37.8 Å². The average molecular weight is 263 g/mol. The fourth-order valence-electron chi connectivity index (χ4n) is 2.35. The number of aromatic nitrogens is 2. The molecule has 100 valence electrons. The third-order valence-electron chi connectivity index (χ3n) is 3.46. The van der Waals surface area contributed by atoms with Crippen LogP contribution in [0.1, 0.15) is 22.9 Å². The molecule has 0 saturated heterocycles. The third-order valence-corrected chi connectivity index (χ3v) is 3.46. The van der Waals surface area contributed by atoms with Gasteiger partial charge in [-0.2, -0.15) is 0 Å². The zero-order valence-electron chi connectivity index (χ0n) is 11.7. The van der Waals surface area contributed by atoms with E-state index in [0.717, 1.165) is 16.7 Å². The van der Waals surface area contributed by atoms with E-state index in [4.69, 9.17) is 4.98 Å². The molecule has 0 radical (unpaired) electrons. The molecule has 1 unspecified atom stereocenters. The third kappa shape index (κ3) is 2.40. The van der Waals surface area contributed by atoms with Crippen LogP contribution < -0.4 is 5.32 Å².